The number of hydrogen-bond donors (Lipinski definition) is 1. The summed E-state index contributed by atoms with van der Waals surface area (Å²) in [5.41, 5.74) is 0.250. The zero-order valence-corrected chi connectivity index (χ0v) is 13.6. The van der Waals surface area contributed by atoms with Crippen LogP contribution in [0, 0.1) is 15.9 Å². The highest BCUT2D eigenvalue weighted by atomic mass is 19.1. The van der Waals surface area contributed by atoms with Gasteiger partial charge in [0, 0.05) is 30.1 Å². The van der Waals surface area contributed by atoms with E-state index in [4.69, 9.17) is 0 Å². The predicted octanol–water partition coefficient (Wildman–Crippen LogP) is 0.965. The molecule has 0 aliphatic heterocycles. The third kappa shape index (κ3) is 3.55. The molecule has 10 nitrogen and oxygen atoms in total. The molecule has 1 amide bonds. The fourth-order valence-electron chi connectivity index (χ4n) is 2.44. The van der Waals surface area contributed by atoms with Crippen molar-refractivity contribution in [2.75, 3.05) is 0 Å². The van der Waals surface area contributed by atoms with Crippen LogP contribution in [-0.4, -0.2) is 35.1 Å². The molecule has 0 saturated carbocycles. The average molecular weight is 359 g/mol. The van der Waals surface area contributed by atoms with Gasteiger partial charge in [0.05, 0.1) is 0 Å². The zero-order valence-electron chi connectivity index (χ0n) is 13.6. The quantitative estimate of drug-likeness (QED) is 0.517. The van der Waals surface area contributed by atoms with Crippen molar-refractivity contribution in [3.63, 3.8) is 0 Å². The van der Waals surface area contributed by atoms with Gasteiger partial charge in [-0.15, -0.1) is 0 Å². The summed E-state index contributed by atoms with van der Waals surface area (Å²) in [5, 5.41) is 16.9. The molecule has 0 bridgehead atoms. The lowest BCUT2D eigenvalue weighted by Gasteiger charge is -2.19. The minimum Gasteiger partial charge on any atom is -0.390 e. The number of aryl methyl sites for hydroxylation is 1. The highest BCUT2D eigenvalue weighted by Crippen LogP contribution is 2.23. The van der Waals surface area contributed by atoms with Crippen molar-refractivity contribution >= 4 is 11.9 Å². The molecule has 0 fully saturated rings. The van der Waals surface area contributed by atoms with Gasteiger partial charge in [-0.1, -0.05) is 23.2 Å². The van der Waals surface area contributed by atoms with Crippen molar-refractivity contribution in [2.24, 2.45) is 7.05 Å². The van der Waals surface area contributed by atoms with E-state index < -0.39 is 28.6 Å². The molecule has 1 aromatic carbocycles. The van der Waals surface area contributed by atoms with E-state index in [2.05, 4.69) is 20.4 Å². The Morgan fingerprint density at radius 2 is 2.15 bits per heavy atom. The first-order chi connectivity index (χ1) is 12.5. The van der Waals surface area contributed by atoms with Gasteiger partial charge in [0.1, 0.15) is 24.2 Å². The lowest BCUT2D eigenvalue weighted by Crippen LogP contribution is -2.34. The summed E-state index contributed by atoms with van der Waals surface area (Å²) in [6, 6.07) is 5.21. The van der Waals surface area contributed by atoms with Crippen molar-refractivity contribution in [1.82, 2.24) is 29.6 Å². The van der Waals surface area contributed by atoms with Crippen LogP contribution in [0.25, 0.3) is 0 Å². The summed E-state index contributed by atoms with van der Waals surface area (Å²) in [6.07, 6.45) is 4.29. The van der Waals surface area contributed by atoms with E-state index >= 15 is 0 Å². The second-order valence-corrected chi connectivity index (χ2v) is 5.42. The first-order valence-electron chi connectivity index (χ1n) is 7.50. The molecule has 1 N–H and O–H groups in total. The Hall–Kier alpha value is -3.63. The van der Waals surface area contributed by atoms with Gasteiger partial charge in [-0.25, -0.2) is 9.37 Å². The number of halogens is 1. The third-order valence-corrected chi connectivity index (χ3v) is 3.63. The highest BCUT2D eigenvalue weighted by molar-refractivity contribution is 5.76. The Morgan fingerprint density at radius 3 is 2.77 bits per heavy atom. The van der Waals surface area contributed by atoms with Crippen molar-refractivity contribution in [2.45, 2.75) is 12.6 Å². The molecule has 0 spiro atoms. The summed E-state index contributed by atoms with van der Waals surface area (Å²) in [4.78, 5) is 29.9. The molecule has 3 rings (SSSR count). The van der Waals surface area contributed by atoms with Crippen molar-refractivity contribution in [1.29, 1.82) is 0 Å². The van der Waals surface area contributed by atoms with Crippen LogP contribution < -0.4 is 5.32 Å². The maximum absolute atomic E-state index is 14.2. The first-order valence-corrected chi connectivity index (χ1v) is 7.50. The minimum absolute atomic E-state index is 0.250. The number of imidazole rings is 1. The molecule has 1 atom stereocenters. The summed E-state index contributed by atoms with van der Waals surface area (Å²) in [6.45, 7) is -0.309. The topological polar surface area (TPSA) is 121 Å². The van der Waals surface area contributed by atoms with Gasteiger partial charge >= 0.3 is 5.95 Å². The normalized spacial score (nSPS) is 11.9. The van der Waals surface area contributed by atoms with E-state index in [1.807, 2.05) is 0 Å². The molecule has 3 aromatic rings. The Balaban J connectivity index is 1.84. The standard InChI is InChI=1S/C15H14FN7O3/c1-21-7-6-17-14(21)13(10-4-2-3-5-11(10)16)19-12(24)8-22-9-18-15(20-22)23(25)26/h2-7,9,13H,8H2,1H3,(H,19,24)/t13-/m1/s1. The molecule has 0 aliphatic rings. The number of nitrogens with zero attached hydrogens (tertiary/aromatic N) is 6. The molecule has 0 aliphatic carbocycles. The van der Waals surface area contributed by atoms with Crippen LogP contribution in [0.1, 0.15) is 17.4 Å². The van der Waals surface area contributed by atoms with Gasteiger partial charge < -0.3 is 20.0 Å². The van der Waals surface area contributed by atoms with Crippen LogP contribution in [0.3, 0.4) is 0 Å². The van der Waals surface area contributed by atoms with Gasteiger partial charge in [-0.3, -0.25) is 4.79 Å². The number of carbonyl (C=O) groups is 1. The van der Waals surface area contributed by atoms with Gasteiger partial charge in [0.25, 0.3) is 0 Å². The van der Waals surface area contributed by atoms with Crippen LogP contribution in [0.2, 0.25) is 0 Å². The fourth-order valence-corrected chi connectivity index (χ4v) is 2.44. The maximum atomic E-state index is 14.2. The number of carbonyl (C=O) groups excluding carboxylic acids is 1. The Labute approximate surface area is 146 Å². The summed E-state index contributed by atoms with van der Waals surface area (Å²) >= 11 is 0. The maximum Gasteiger partial charge on any atom is 0.490 e. The predicted molar refractivity (Wildman–Crippen MR) is 86.3 cm³/mol. The SMILES string of the molecule is Cn1ccnc1[C@H](NC(=O)Cn1cnc([N+](=O)[O-])n1)c1ccccc1F. The number of amides is 1. The second kappa shape index (κ2) is 7.09. The highest BCUT2D eigenvalue weighted by Gasteiger charge is 2.24. The van der Waals surface area contributed by atoms with Crippen LogP contribution >= 0.6 is 0 Å². The van der Waals surface area contributed by atoms with E-state index in [0.717, 1.165) is 11.0 Å². The van der Waals surface area contributed by atoms with Crippen LogP contribution in [0.4, 0.5) is 10.3 Å². The number of rotatable bonds is 6. The lowest BCUT2D eigenvalue weighted by atomic mass is 10.1. The van der Waals surface area contributed by atoms with E-state index in [1.54, 1.807) is 36.0 Å². The van der Waals surface area contributed by atoms with E-state index in [1.165, 1.54) is 12.3 Å². The zero-order chi connectivity index (χ0) is 18.7. The van der Waals surface area contributed by atoms with Crippen LogP contribution in [0.15, 0.2) is 43.0 Å². The van der Waals surface area contributed by atoms with Crippen molar-refractivity contribution in [3.05, 3.63) is 70.3 Å². The van der Waals surface area contributed by atoms with Gasteiger partial charge in [-0.2, -0.15) is 4.68 Å². The van der Waals surface area contributed by atoms with Crippen molar-refractivity contribution < 1.29 is 14.1 Å². The van der Waals surface area contributed by atoms with Gasteiger partial charge in [0.2, 0.25) is 12.2 Å². The second-order valence-electron chi connectivity index (χ2n) is 5.42. The number of hydrogen-bond acceptors (Lipinski definition) is 6. The molecule has 11 heteroatoms. The molecule has 134 valence electrons. The molecule has 0 radical (unpaired) electrons. The number of nitrogens with one attached hydrogen (secondary N) is 1. The van der Waals surface area contributed by atoms with Crippen molar-refractivity contribution in [3.8, 4) is 0 Å². The lowest BCUT2D eigenvalue weighted by molar-refractivity contribution is -0.394. The summed E-state index contributed by atoms with van der Waals surface area (Å²) in [7, 11) is 1.73. The number of benzene rings is 1. The largest absolute Gasteiger partial charge is 0.490 e. The summed E-state index contributed by atoms with van der Waals surface area (Å²) in [5.74, 6) is -1.18. The number of nitro groups is 1. The minimum atomic E-state index is -0.831. The van der Waals surface area contributed by atoms with E-state index in [9.17, 15) is 19.3 Å². The molecular weight excluding hydrogens is 345 g/mol. The van der Waals surface area contributed by atoms with E-state index in [0.29, 0.717) is 5.82 Å². The molecule has 0 unspecified atom stereocenters. The van der Waals surface area contributed by atoms with E-state index in [-0.39, 0.29) is 12.1 Å². The van der Waals surface area contributed by atoms with Crippen LogP contribution in [-0.2, 0) is 18.4 Å². The third-order valence-electron chi connectivity index (χ3n) is 3.63. The summed E-state index contributed by atoms with van der Waals surface area (Å²) < 4.78 is 16.9. The monoisotopic (exact) mass is 359 g/mol. The molecule has 2 aromatic heterocycles. The molecule has 0 saturated heterocycles. The van der Waals surface area contributed by atoms with Gasteiger partial charge in [0.15, 0.2) is 0 Å². The number of aromatic nitrogens is 5. The fraction of sp³-hybridized carbons (Fsp3) is 0.200. The molecule has 26 heavy (non-hydrogen) atoms. The molecular formula is C15H14FN7O3. The first kappa shape index (κ1) is 17.2. The van der Waals surface area contributed by atoms with Gasteiger partial charge in [-0.05, 0) is 11.0 Å². The molecule has 2 heterocycles. The Kier molecular flexibility index (Phi) is 4.69. The van der Waals surface area contributed by atoms with Crippen LogP contribution in [0.5, 0.6) is 0 Å². The average Bonchev–Trinajstić information content (AvgIpc) is 3.22. The Morgan fingerprint density at radius 1 is 1.38 bits per heavy atom. The Bertz CT molecular complexity index is 952. The smallest absolute Gasteiger partial charge is 0.390 e.